The van der Waals surface area contributed by atoms with Gasteiger partial charge in [-0.2, -0.15) is 5.10 Å². The van der Waals surface area contributed by atoms with E-state index in [1.165, 1.54) is 17.0 Å². The lowest BCUT2D eigenvalue weighted by atomic mass is 9.98. The highest BCUT2D eigenvalue weighted by atomic mass is 32.1. The van der Waals surface area contributed by atoms with Gasteiger partial charge in [0.15, 0.2) is 0 Å². The minimum absolute atomic E-state index is 0.0326. The quantitative estimate of drug-likeness (QED) is 0.388. The molecule has 0 atom stereocenters. The van der Waals surface area contributed by atoms with Gasteiger partial charge in [0.25, 0.3) is 0 Å². The Hall–Kier alpha value is -3.39. The van der Waals surface area contributed by atoms with Gasteiger partial charge in [0.2, 0.25) is 0 Å². The van der Waals surface area contributed by atoms with Crippen molar-refractivity contribution in [2.45, 2.75) is 5.03 Å². The van der Waals surface area contributed by atoms with E-state index in [2.05, 4.69) is 22.8 Å². The molecular weight excluding hydrogens is 376 g/mol. The van der Waals surface area contributed by atoms with E-state index in [0.717, 1.165) is 16.5 Å². The number of phenolic OH excluding ortho intramolecular Hbond substituents is 2. The fourth-order valence-corrected chi connectivity index (χ4v) is 3.56. The molecule has 0 spiro atoms. The van der Waals surface area contributed by atoms with Crippen LogP contribution in [0, 0.1) is 0 Å². The number of carbonyl (C=O) groups is 1. The Morgan fingerprint density at radius 1 is 1.14 bits per heavy atom. The zero-order chi connectivity index (χ0) is 20.0. The van der Waals surface area contributed by atoms with Crippen LogP contribution >= 0.6 is 12.6 Å². The van der Waals surface area contributed by atoms with Crippen molar-refractivity contribution in [2.24, 2.45) is 0 Å². The third kappa shape index (κ3) is 2.78. The summed E-state index contributed by atoms with van der Waals surface area (Å²) in [7, 11) is 3.40. The van der Waals surface area contributed by atoms with E-state index in [4.69, 9.17) is 0 Å². The lowest BCUT2D eigenvalue weighted by Gasteiger charge is -2.12. The van der Waals surface area contributed by atoms with Gasteiger partial charge in [0.1, 0.15) is 16.5 Å². The molecule has 2 aromatic heterocycles. The normalized spacial score (nSPS) is 11.1. The summed E-state index contributed by atoms with van der Waals surface area (Å²) in [5, 5.41) is 28.3. The minimum atomic E-state index is -0.151. The van der Waals surface area contributed by atoms with E-state index >= 15 is 0 Å². The molecule has 4 aromatic rings. The smallest absolute Gasteiger partial charge is 0.328 e. The molecule has 0 bridgehead atoms. The zero-order valence-corrected chi connectivity index (χ0v) is 16.1. The Morgan fingerprint density at radius 3 is 2.64 bits per heavy atom. The largest absolute Gasteiger partial charge is 0.508 e. The second-order valence-corrected chi connectivity index (χ2v) is 7.02. The number of nitrogens with one attached hydrogen (secondary N) is 1. The fraction of sp³-hybridized carbons (Fsp3) is 0.100. The van der Waals surface area contributed by atoms with Crippen LogP contribution in [0.5, 0.6) is 11.5 Å². The summed E-state index contributed by atoms with van der Waals surface area (Å²) in [5.41, 5.74) is 3.34. The number of fused-ring (bicyclic) bond motifs is 1. The van der Waals surface area contributed by atoms with Gasteiger partial charge in [0.05, 0.1) is 11.2 Å². The van der Waals surface area contributed by atoms with Crippen LogP contribution < -0.4 is 0 Å². The van der Waals surface area contributed by atoms with Crippen molar-refractivity contribution in [3.05, 3.63) is 48.7 Å². The molecule has 1 amide bonds. The van der Waals surface area contributed by atoms with Crippen LogP contribution in [0.4, 0.5) is 4.79 Å². The first-order chi connectivity index (χ1) is 13.4. The zero-order valence-electron chi connectivity index (χ0n) is 15.2. The lowest BCUT2D eigenvalue weighted by Crippen LogP contribution is -2.26. The van der Waals surface area contributed by atoms with E-state index in [-0.39, 0.29) is 17.5 Å². The number of phenols is 2. The molecule has 2 heterocycles. The molecule has 0 saturated heterocycles. The monoisotopic (exact) mass is 394 g/mol. The summed E-state index contributed by atoms with van der Waals surface area (Å²) in [6.07, 6.45) is 1.73. The standard InChI is InChI=1S/C20H18N4O3S/c1-23(2)20(27)24-9-8-12-13(4-3-5-15(12)24)17-18(21-22-19(17)28)14-7-6-11(25)10-16(14)26/h3-10,25-26H,1-2H3,(H2,21,22,28). The van der Waals surface area contributed by atoms with Gasteiger partial charge < -0.3 is 15.1 Å². The molecule has 142 valence electrons. The fourth-order valence-electron chi connectivity index (χ4n) is 3.28. The van der Waals surface area contributed by atoms with Crippen molar-refractivity contribution in [2.75, 3.05) is 14.1 Å². The summed E-state index contributed by atoms with van der Waals surface area (Å²) in [4.78, 5) is 14.0. The highest BCUT2D eigenvalue weighted by Gasteiger charge is 2.21. The summed E-state index contributed by atoms with van der Waals surface area (Å²) in [6, 6.07) is 11.7. The third-order valence-corrected chi connectivity index (χ3v) is 4.91. The number of aromatic nitrogens is 3. The molecule has 0 aliphatic heterocycles. The van der Waals surface area contributed by atoms with E-state index < -0.39 is 0 Å². The Balaban J connectivity index is 1.95. The molecule has 3 N–H and O–H groups in total. The average Bonchev–Trinajstić information content (AvgIpc) is 3.24. The van der Waals surface area contributed by atoms with Crippen molar-refractivity contribution in [3.8, 4) is 33.9 Å². The van der Waals surface area contributed by atoms with E-state index in [1.807, 2.05) is 24.3 Å². The number of hydrogen-bond donors (Lipinski definition) is 4. The molecule has 0 radical (unpaired) electrons. The highest BCUT2D eigenvalue weighted by Crippen LogP contribution is 2.42. The summed E-state index contributed by atoms with van der Waals surface area (Å²) < 4.78 is 1.58. The molecular formula is C20H18N4O3S. The third-order valence-electron chi connectivity index (χ3n) is 4.59. The van der Waals surface area contributed by atoms with Gasteiger partial charge in [-0.3, -0.25) is 9.67 Å². The Labute approximate surface area is 166 Å². The van der Waals surface area contributed by atoms with Crippen LogP contribution in [0.25, 0.3) is 33.3 Å². The van der Waals surface area contributed by atoms with Crippen molar-refractivity contribution in [1.82, 2.24) is 19.7 Å². The molecule has 7 nitrogen and oxygen atoms in total. The van der Waals surface area contributed by atoms with Crippen LogP contribution in [-0.2, 0) is 0 Å². The van der Waals surface area contributed by atoms with Crippen molar-refractivity contribution < 1.29 is 15.0 Å². The van der Waals surface area contributed by atoms with E-state index in [1.54, 1.807) is 30.9 Å². The summed E-state index contributed by atoms with van der Waals surface area (Å²) >= 11 is 4.49. The molecule has 0 fully saturated rings. The molecule has 8 heteroatoms. The topological polar surface area (TPSA) is 94.4 Å². The maximum atomic E-state index is 12.4. The Bertz CT molecular complexity index is 1210. The van der Waals surface area contributed by atoms with Crippen LogP contribution in [0.1, 0.15) is 0 Å². The number of carbonyl (C=O) groups excluding carboxylic acids is 1. The van der Waals surface area contributed by atoms with Crippen molar-refractivity contribution in [1.29, 1.82) is 0 Å². The molecule has 28 heavy (non-hydrogen) atoms. The highest BCUT2D eigenvalue weighted by molar-refractivity contribution is 7.80. The minimum Gasteiger partial charge on any atom is -0.508 e. The van der Waals surface area contributed by atoms with Gasteiger partial charge in [0, 0.05) is 42.9 Å². The molecule has 0 saturated carbocycles. The van der Waals surface area contributed by atoms with Crippen molar-refractivity contribution in [3.63, 3.8) is 0 Å². The predicted molar refractivity (Wildman–Crippen MR) is 110 cm³/mol. The first-order valence-corrected chi connectivity index (χ1v) is 8.95. The van der Waals surface area contributed by atoms with Crippen LogP contribution in [0.15, 0.2) is 53.7 Å². The lowest BCUT2D eigenvalue weighted by molar-refractivity contribution is 0.220. The number of amides is 1. The average molecular weight is 394 g/mol. The molecule has 0 aliphatic carbocycles. The second-order valence-electron chi connectivity index (χ2n) is 6.60. The molecule has 2 aromatic carbocycles. The van der Waals surface area contributed by atoms with Gasteiger partial charge in [-0.15, -0.1) is 12.6 Å². The molecule has 4 rings (SSSR count). The van der Waals surface area contributed by atoms with Gasteiger partial charge >= 0.3 is 6.03 Å². The number of hydrogen-bond acceptors (Lipinski definition) is 5. The maximum absolute atomic E-state index is 12.4. The number of rotatable bonds is 2. The summed E-state index contributed by atoms with van der Waals surface area (Å²) in [5.74, 6) is -0.111. The van der Waals surface area contributed by atoms with E-state index in [0.29, 0.717) is 21.8 Å². The first-order valence-electron chi connectivity index (χ1n) is 8.50. The summed E-state index contributed by atoms with van der Waals surface area (Å²) in [6.45, 7) is 0. The number of aromatic hydroxyl groups is 2. The van der Waals surface area contributed by atoms with Gasteiger partial charge in [-0.25, -0.2) is 4.79 Å². The van der Waals surface area contributed by atoms with Gasteiger partial charge in [-0.1, -0.05) is 12.1 Å². The van der Waals surface area contributed by atoms with Crippen LogP contribution in [-0.4, -0.2) is 50.0 Å². The van der Waals surface area contributed by atoms with Crippen LogP contribution in [0.2, 0.25) is 0 Å². The van der Waals surface area contributed by atoms with E-state index in [9.17, 15) is 15.0 Å². The second kappa shape index (κ2) is 6.65. The number of benzene rings is 2. The Kier molecular flexibility index (Phi) is 4.27. The van der Waals surface area contributed by atoms with Crippen LogP contribution in [0.3, 0.4) is 0 Å². The number of aromatic amines is 1. The number of H-pyrrole nitrogens is 1. The molecule has 0 unspecified atom stereocenters. The van der Waals surface area contributed by atoms with Crippen molar-refractivity contribution >= 4 is 29.6 Å². The van der Waals surface area contributed by atoms with Gasteiger partial charge in [-0.05, 0) is 29.8 Å². The predicted octanol–water partition coefficient (Wildman–Crippen LogP) is 3.93. The maximum Gasteiger partial charge on any atom is 0.328 e. The number of nitrogens with zero attached hydrogens (tertiary/aromatic N) is 3. The Morgan fingerprint density at radius 2 is 1.93 bits per heavy atom. The number of thiol groups is 1. The SMILES string of the molecule is CN(C)C(=O)n1ccc2c(-c3c(S)n[nH]c3-c3ccc(O)cc3O)cccc21. The first kappa shape index (κ1) is 18.0. The molecule has 0 aliphatic rings.